The molecule has 2 amide bonds. The lowest BCUT2D eigenvalue weighted by atomic mass is 9.98. The average Bonchev–Trinajstić information content (AvgIpc) is 2.93. The molecule has 4 heterocycles. The van der Waals surface area contributed by atoms with Crippen LogP contribution >= 0.6 is 0 Å². The van der Waals surface area contributed by atoms with E-state index in [1.165, 1.54) is 0 Å². The fraction of sp³-hybridized carbons (Fsp3) is 0.440. The molecular formula is C25H30N8O4. The molecule has 5 rings (SSSR count). The number of hydrogen-bond donors (Lipinski definition) is 2. The summed E-state index contributed by atoms with van der Waals surface area (Å²) in [5.74, 6) is 0.269. The summed E-state index contributed by atoms with van der Waals surface area (Å²) < 4.78 is 10.6. The highest BCUT2D eigenvalue weighted by Gasteiger charge is 2.29. The van der Waals surface area contributed by atoms with Crippen LogP contribution in [0.5, 0.6) is 0 Å². The summed E-state index contributed by atoms with van der Waals surface area (Å²) in [6.07, 6.45) is 3.14. The van der Waals surface area contributed by atoms with E-state index in [1.54, 1.807) is 18.0 Å². The van der Waals surface area contributed by atoms with Gasteiger partial charge in [0, 0.05) is 37.4 Å². The monoisotopic (exact) mass is 506 g/mol. The van der Waals surface area contributed by atoms with Crippen LogP contribution in [-0.2, 0) is 14.3 Å². The number of fused-ring (bicyclic) bond motifs is 1. The quantitative estimate of drug-likeness (QED) is 0.494. The van der Waals surface area contributed by atoms with Gasteiger partial charge < -0.3 is 30.3 Å². The van der Waals surface area contributed by atoms with Crippen LogP contribution in [0.2, 0.25) is 0 Å². The van der Waals surface area contributed by atoms with Crippen molar-refractivity contribution in [2.45, 2.75) is 19.8 Å². The Hall–Kier alpha value is -4.06. The van der Waals surface area contributed by atoms with Crippen molar-refractivity contribution in [3.63, 3.8) is 0 Å². The molecule has 194 valence electrons. The van der Waals surface area contributed by atoms with Crippen molar-refractivity contribution in [2.24, 2.45) is 5.92 Å². The second-order valence-electron chi connectivity index (χ2n) is 8.98. The second-order valence-corrected chi connectivity index (χ2v) is 8.98. The molecule has 37 heavy (non-hydrogen) atoms. The third-order valence-corrected chi connectivity index (χ3v) is 6.48. The maximum absolute atomic E-state index is 12.8. The molecule has 2 aliphatic rings. The number of ether oxygens (including phenoxy) is 2. The summed E-state index contributed by atoms with van der Waals surface area (Å²) in [6, 6.07) is 7.13. The number of morpholine rings is 1. The number of benzene rings is 1. The van der Waals surface area contributed by atoms with Gasteiger partial charge in [0.25, 0.3) is 0 Å². The predicted molar refractivity (Wildman–Crippen MR) is 138 cm³/mol. The van der Waals surface area contributed by atoms with Crippen LogP contribution in [-0.4, -0.2) is 82.8 Å². The smallest absolute Gasteiger partial charge is 0.321 e. The van der Waals surface area contributed by atoms with E-state index in [2.05, 4.69) is 25.2 Å². The Balaban J connectivity index is 1.31. The third kappa shape index (κ3) is 5.53. The maximum atomic E-state index is 12.8. The fourth-order valence-electron chi connectivity index (χ4n) is 4.59. The van der Waals surface area contributed by atoms with Crippen LogP contribution < -0.4 is 16.0 Å². The van der Waals surface area contributed by atoms with Gasteiger partial charge in [0.2, 0.25) is 5.95 Å². The van der Waals surface area contributed by atoms with E-state index in [-0.39, 0.29) is 23.9 Å². The summed E-state index contributed by atoms with van der Waals surface area (Å²) in [6.45, 7) is 5.65. The Kier molecular flexibility index (Phi) is 7.26. The van der Waals surface area contributed by atoms with Crippen molar-refractivity contribution in [3.8, 4) is 11.3 Å². The molecule has 1 unspecified atom stereocenters. The zero-order valence-corrected chi connectivity index (χ0v) is 20.7. The molecule has 0 spiro atoms. The third-order valence-electron chi connectivity index (χ3n) is 6.48. The first-order valence-electron chi connectivity index (χ1n) is 12.5. The number of nitrogens with zero attached hydrogens (tertiary/aromatic N) is 6. The minimum atomic E-state index is -0.282. The maximum Gasteiger partial charge on any atom is 0.321 e. The van der Waals surface area contributed by atoms with Crippen molar-refractivity contribution in [1.82, 2.24) is 24.8 Å². The molecule has 2 aliphatic heterocycles. The van der Waals surface area contributed by atoms with Gasteiger partial charge in [-0.3, -0.25) is 4.79 Å². The summed E-state index contributed by atoms with van der Waals surface area (Å²) in [5.41, 5.74) is 9.06. The number of carbonyl (C=O) groups is 2. The van der Waals surface area contributed by atoms with Crippen molar-refractivity contribution < 1.29 is 19.1 Å². The number of hydrogen-bond acceptors (Lipinski definition) is 10. The van der Waals surface area contributed by atoms with Crippen molar-refractivity contribution in [3.05, 3.63) is 30.5 Å². The molecule has 2 aromatic heterocycles. The van der Waals surface area contributed by atoms with Crippen LogP contribution in [0.4, 0.5) is 22.2 Å². The minimum Gasteiger partial charge on any atom is -0.466 e. The van der Waals surface area contributed by atoms with Gasteiger partial charge in [-0.05, 0) is 31.9 Å². The lowest BCUT2D eigenvalue weighted by Crippen LogP contribution is -2.44. The molecule has 0 aliphatic carbocycles. The number of anilines is 3. The lowest BCUT2D eigenvalue weighted by molar-refractivity contribution is -0.149. The van der Waals surface area contributed by atoms with E-state index in [1.807, 2.05) is 24.3 Å². The number of aromatic nitrogens is 4. The Labute approximate surface area is 214 Å². The van der Waals surface area contributed by atoms with Gasteiger partial charge in [-0.1, -0.05) is 12.1 Å². The summed E-state index contributed by atoms with van der Waals surface area (Å²) in [4.78, 5) is 46.6. The summed E-state index contributed by atoms with van der Waals surface area (Å²) in [7, 11) is 0. The Morgan fingerprint density at radius 2 is 1.92 bits per heavy atom. The zero-order chi connectivity index (χ0) is 25.8. The summed E-state index contributed by atoms with van der Waals surface area (Å²) in [5, 5.41) is 2.92. The number of nitrogen functional groups attached to an aromatic ring is 1. The van der Waals surface area contributed by atoms with E-state index in [9.17, 15) is 9.59 Å². The van der Waals surface area contributed by atoms with E-state index >= 15 is 0 Å². The molecule has 0 saturated carbocycles. The first kappa shape index (κ1) is 24.6. The number of likely N-dealkylation sites (tertiary alicyclic amines) is 1. The molecule has 12 nitrogen and oxygen atoms in total. The largest absolute Gasteiger partial charge is 0.466 e. The van der Waals surface area contributed by atoms with Gasteiger partial charge >= 0.3 is 12.0 Å². The molecule has 1 aromatic carbocycles. The number of nitrogens with two attached hydrogens (primary N) is 1. The van der Waals surface area contributed by atoms with Gasteiger partial charge in [0.15, 0.2) is 17.0 Å². The van der Waals surface area contributed by atoms with E-state index < -0.39 is 0 Å². The van der Waals surface area contributed by atoms with Crippen LogP contribution in [0.25, 0.3) is 22.4 Å². The number of esters is 1. The minimum absolute atomic E-state index is 0.151. The van der Waals surface area contributed by atoms with Crippen LogP contribution in [0.15, 0.2) is 30.5 Å². The normalized spacial score (nSPS) is 18.0. The highest BCUT2D eigenvalue weighted by atomic mass is 16.5. The van der Waals surface area contributed by atoms with E-state index in [4.69, 9.17) is 20.2 Å². The van der Waals surface area contributed by atoms with E-state index in [0.29, 0.717) is 74.4 Å². The Morgan fingerprint density at radius 3 is 2.68 bits per heavy atom. The molecule has 1 atom stereocenters. The average molecular weight is 507 g/mol. The number of carbonyl (C=O) groups excluding carboxylic acids is 2. The Bertz CT molecular complexity index is 1280. The number of piperidine rings is 1. The first-order chi connectivity index (χ1) is 18.0. The predicted octanol–water partition coefficient (Wildman–Crippen LogP) is 2.31. The molecule has 12 heteroatoms. The van der Waals surface area contributed by atoms with Crippen molar-refractivity contribution >= 4 is 40.6 Å². The number of amides is 2. The van der Waals surface area contributed by atoms with Gasteiger partial charge in [-0.15, -0.1) is 0 Å². The molecule has 2 fully saturated rings. The van der Waals surface area contributed by atoms with Crippen LogP contribution in [0.1, 0.15) is 19.8 Å². The lowest BCUT2D eigenvalue weighted by Gasteiger charge is -2.31. The summed E-state index contributed by atoms with van der Waals surface area (Å²) >= 11 is 0. The number of rotatable bonds is 5. The Morgan fingerprint density at radius 1 is 1.14 bits per heavy atom. The molecule has 2 saturated heterocycles. The fourth-order valence-corrected chi connectivity index (χ4v) is 4.59. The molecule has 3 aromatic rings. The SMILES string of the molecule is CCOC(=O)C1CCCN(C(=O)Nc2ccc(-c3cnc4nc(N)nc(N5CCOCC5)c4n3)cc2)C1. The van der Waals surface area contributed by atoms with Gasteiger partial charge in [-0.2, -0.15) is 9.97 Å². The van der Waals surface area contributed by atoms with Gasteiger partial charge in [0.05, 0.1) is 37.6 Å². The zero-order valence-electron chi connectivity index (χ0n) is 20.7. The molecule has 0 bridgehead atoms. The van der Waals surface area contributed by atoms with Crippen molar-refractivity contribution in [2.75, 3.05) is 62.0 Å². The number of urea groups is 1. The van der Waals surface area contributed by atoms with Crippen LogP contribution in [0, 0.1) is 5.92 Å². The first-order valence-corrected chi connectivity index (χ1v) is 12.5. The highest BCUT2D eigenvalue weighted by Crippen LogP contribution is 2.27. The topological polar surface area (TPSA) is 149 Å². The van der Waals surface area contributed by atoms with Gasteiger partial charge in [-0.25, -0.2) is 14.8 Å². The molecular weight excluding hydrogens is 476 g/mol. The van der Waals surface area contributed by atoms with Crippen molar-refractivity contribution in [1.29, 1.82) is 0 Å². The highest BCUT2D eigenvalue weighted by molar-refractivity contribution is 5.90. The van der Waals surface area contributed by atoms with Crippen LogP contribution in [0.3, 0.4) is 0 Å². The van der Waals surface area contributed by atoms with E-state index in [0.717, 1.165) is 18.4 Å². The number of nitrogens with one attached hydrogen (secondary N) is 1. The second kappa shape index (κ2) is 10.9. The molecule has 3 N–H and O–H groups in total. The standard InChI is InChI=1S/C25H30N8O4/c1-2-37-23(34)17-4-3-9-33(15-17)25(35)28-18-7-5-16(6-8-18)19-14-27-21-20(29-19)22(31-24(26)30-21)32-10-12-36-13-11-32/h5-8,14,17H,2-4,9-13,15H2,1H3,(H,28,35)(H2,26,27,30,31). The molecule has 0 radical (unpaired) electrons. The van der Waals surface area contributed by atoms with Gasteiger partial charge in [0.1, 0.15) is 0 Å².